The summed E-state index contributed by atoms with van der Waals surface area (Å²) in [7, 11) is 0. The molecule has 0 spiro atoms. The molecule has 0 radical (unpaired) electrons. The minimum absolute atomic E-state index is 0.0215. The summed E-state index contributed by atoms with van der Waals surface area (Å²) in [6.45, 7) is 4.63. The minimum Gasteiger partial charge on any atom is -0.278 e. The molecular weight excluding hydrogens is 330 g/mol. The Morgan fingerprint density at radius 3 is 2.69 bits per heavy atom. The van der Waals surface area contributed by atoms with E-state index >= 15 is 0 Å². The van der Waals surface area contributed by atoms with Crippen LogP contribution in [0.2, 0.25) is 0 Å². The van der Waals surface area contributed by atoms with Gasteiger partial charge in [-0.05, 0) is 25.5 Å². The van der Waals surface area contributed by atoms with Crippen LogP contribution in [0.4, 0.5) is 11.4 Å². The molecule has 3 rings (SSSR count). The van der Waals surface area contributed by atoms with E-state index in [1.54, 1.807) is 18.3 Å². The highest BCUT2D eigenvalue weighted by molar-refractivity contribution is 5.83. The predicted octanol–water partition coefficient (Wildman–Crippen LogP) is 3.90. The third-order valence-corrected chi connectivity index (χ3v) is 4.06. The maximum atomic E-state index is 10.8. The van der Waals surface area contributed by atoms with E-state index < -0.39 is 4.92 Å². The zero-order valence-corrected chi connectivity index (χ0v) is 14.6. The number of aryl methyl sites for hydroxylation is 1. The number of aromatic nitrogens is 2. The van der Waals surface area contributed by atoms with E-state index in [1.165, 1.54) is 17.7 Å². The van der Waals surface area contributed by atoms with Gasteiger partial charge in [-0.1, -0.05) is 36.4 Å². The summed E-state index contributed by atoms with van der Waals surface area (Å²) < 4.78 is 1.94. The van der Waals surface area contributed by atoms with Crippen molar-refractivity contribution in [3.05, 3.63) is 87.2 Å². The number of benzene rings is 2. The van der Waals surface area contributed by atoms with Crippen LogP contribution in [-0.2, 0) is 6.54 Å². The molecule has 0 aliphatic heterocycles. The van der Waals surface area contributed by atoms with E-state index in [4.69, 9.17) is 0 Å². The molecule has 1 aromatic heterocycles. The van der Waals surface area contributed by atoms with E-state index in [-0.39, 0.29) is 5.69 Å². The highest BCUT2D eigenvalue weighted by atomic mass is 16.6. The zero-order chi connectivity index (χ0) is 18.5. The van der Waals surface area contributed by atoms with Gasteiger partial charge in [-0.15, -0.1) is 0 Å². The fourth-order valence-corrected chi connectivity index (χ4v) is 2.67. The quantitative estimate of drug-likeness (QED) is 0.415. The van der Waals surface area contributed by atoms with Gasteiger partial charge in [0.15, 0.2) is 0 Å². The highest BCUT2D eigenvalue weighted by Crippen LogP contribution is 2.17. The van der Waals surface area contributed by atoms with Crippen LogP contribution in [0.15, 0.2) is 59.7 Å². The summed E-state index contributed by atoms with van der Waals surface area (Å²) in [5, 5.41) is 19.6. The first kappa shape index (κ1) is 17.3. The molecule has 0 bridgehead atoms. The molecule has 7 nitrogen and oxygen atoms in total. The Labute approximate surface area is 151 Å². The van der Waals surface area contributed by atoms with Crippen LogP contribution in [-0.4, -0.2) is 20.9 Å². The molecule has 0 saturated heterocycles. The first-order valence-corrected chi connectivity index (χ1v) is 8.16. The standard InChI is InChI=1S/C19H19N5O2/c1-14-19(12-20-21-17-9-6-10-18(11-17)24(25)26)15(2)23(22-14)13-16-7-4-3-5-8-16/h3-12,21H,13H2,1-2H3/b20-12+. The van der Waals surface area contributed by atoms with Gasteiger partial charge in [0, 0.05) is 23.4 Å². The summed E-state index contributed by atoms with van der Waals surface area (Å²) in [6.07, 6.45) is 1.69. The molecule has 0 unspecified atom stereocenters. The molecule has 1 N–H and O–H groups in total. The average molecular weight is 349 g/mol. The Morgan fingerprint density at radius 2 is 1.96 bits per heavy atom. The number of hydrazone groups is 1. The fraction of sp³-hybridized carbons (Fsp3) is 0.158. The van der Waals surface area contributed by atoms with Gasteiger partial charge in [-0.25, -0.2) is 0 Å². The van der Waals surface area contributed by atoms with E-state index in [0.29, 0.717) is 12.2 Å². The van der Waals surface area contributed by atoms with Gasteiger partial charge in [-0.2, -0.15) is 10.2 Å². The topological polar surface area (TPSA) is 85.3 Å². The molecule has 2 aromatic carbocycles. The molecule has 132 valence electrons. The molecule has 1 heterocycles. The van der Waals surface area contributed by atoms with Crippen molar-refractivity contribution in [2.45, 2.75) is 20.4 Å². The number of non-ortho nitro benzene ring substituents is 1. The number of nitrogens with zero attached hydrogens (tertiary/aromatic N) is 4. The first-order valence-electron chi connectivity index (χ1n) is 8.16. The second-order valence-corrected chi connectivity index (χ2v) is 5.91. The van der Waals surface area contributed by atoms with Crippen molar-refractivity contribution in [3.63, 3.8) is 0 Å². The van der Waals surface area contributed by atoms with Crippen LogP contribution >= 0.6 is 0 Å². The molecule has 26 heavy (non-hydrogen) atoms. The second kappa shape index (κ2) is 7.60. The Morgan fingerprint density at radius 1 is 1.19 bits per heavy atom. The lowest BCUT2D eigenvalue weighted by Gasteiger charge is -2.04. The zero-order valence-electron chi connectivity index (χ0n) is 14.6. The van der Waals surface area contributed by atoms with Gasteiger partial charge < -0.3 is 0 Å². The Kier molecular flexibility index (Phi) is 5.07. The van der Waals surface area contributed by atoms with Crippen molar-refractivity contribution < 1.29 is 4.92 Å². The van der Waals surface area contributed by atoms with E-state index in [0.717, 1.165) is 17.0 Å². The molecular formula is C19H19N5O2. The van der Waals surface area contributed by atoms with Gasteiger partial charge >= 0.3 is 0 Å². The summed E-state index contributed by atoms with van der Waals surface area (Å²) in [6, 6.07) is 16.4. The van der Waals surface area contributed by atoms with Gasteiger partial charge in [0.1, 0.15) is 0 Å². The minimum atomic E-state index is -0.434. The van der Waals surface area contributed by atoms with Crippen molar-refractivity contribution in [2.75, 3.05) is 5.43 Å². The summed E-state index contributed by atoms with van der Waals surface area (Å²) in [4.78, 5) is 10.4. The van der Waals surface area contributed by atoms with Crippen molar-refractivity contribution in [2.24, 2.45) is 5.10 Å². The van der Waals surface area contributed by atoms with Crippen molar-refractivity contribution in [1.29, 1.82) is 0 Å². The molecule has 0 fully saturated rings. The SMILES string of the molecule is Cc1nn(Cc2ccccc2)c(C)c1/C=N/Nc1cccc([N+](=O)[O-])c1. The first-order chi connectivity index (χ1) is 12.5. The van der Waals surface area contributed by atoms with Crippen molar-refractivity contribution in [3.8, 4) is 0 Å². The van der Waals surface area contributed by atoms with E-state index in [1.807, 2.05) is 36.7 Å². The van der Waals surface area contributed by atoms with Crippen LogP contribution in [0.5, 0.6) is 0 Å². The Hall–Kier alpha value is -3.48. The lowest BCUT2D eigenvalue weighted by Crippen LogP contribution is -2.04. The number of anilines is 1. The average Bonchev–Trinajstić information content (AvgIpc) is 2.90. The third kappa shape index (κ3) is 3.94. The lowest BCUT2D eigenvalue weighted by atomic mass is 10.2. The highest BCUT2D eigenvalue weighted by Gasteiger charge is 2.10. The van der Waals surface area contributed by atoms with E-state index in [2.05, 4.69) is 27.8 Å². The fourth-order valence-electron chi connectivity index (χ4n) is 2.67. The smallest absolute Gasteiger partial charge is 0.271 e. The number of rotatable bonds is 6. The predicted molar refractivity (Wildman–Crippen MR) is 102 cm³/mol. The maximum absolute atomic E-state index is 10.8. The van der Waals surface area contributed by atoms with Crippen LogP contribution in [0, 0.1) is 24.0 Å². The van der Waals surface area contributed by atoms with Crippen molar-refractivity contribution in [1.82, 2.24) is 9.78 Å². The van der Waals surface area contributed by atoms with Gasteiger partial charge in [0.2, 0.25) is 0 Å². The third-order valence-electron chi connectivity index (χ3n) is 4.06. The molecule has 0 aliphatic rings. The van der Waals surface area contributed by atoms with E-state index in [9.17, 15) is 10.1 Å². The van der Waals surface area contributed by atoms with Crippen LogP contribution in [0.25, 0.3) is 0 Å². The van der Waals surface area contributed by atoms with Crippen LogP contribution in [0.1, 0.15) is 22.5 Å². The maximum Gasteiger partial charge on any atom is 0.271 e. The summed E-state index contributed by atoms with van der Waals surface area (Å²) in [5.74, 6) is 0. The van der Waals surface area contributed by atoms with Gasteiger partial charge in [0.05, 0.1) is 29.1 Å². The molecule has 0 saturated carbocycles. The number of hydrogen-bond acceptors (Lipinski definition) is 5. The molecule has 0 atom stereocenters. The van der Waals surface area contributed by atoms with Crippen LogP contribution < -0.4 is 5.43 Å². The Bertz CT molecular complexity index is 948. The molecule has 0 aliphatic carbocycles. The van der Waals surface area contributed by atoms with Crippen LogP contribution in [0.3, 0.4) is 0 Å². The summed E-state index contributed by atoms with van der Waals surface area (Å²) in [5.41, 5.74) is 7.40. The number of hydrogen-bond donors (Lipinski definition) is 1. The monoisotopic (exact) mass is 349 g/mol. The molecule has 0 amide bonds. The second-order valence-electron chi connectivity index (χ2n) is 5.91. The number of nitro groups is 1. The molecule has 7 heteroatoms. The molecule has 3 aromatic rings. The lowest BCUT2D eigenvalue weighted by molar-refractivity contribution is -0.384. The number of nitro benzene ring substituents is 1. The largest absolute Gasteiger partial charge is 0.278 e. The van der Waals surface area contributed by atoms with Gasteiger partial charge in [-0.3, -0.25) is 20.2 Å². The Balaban J connectivity index is 1.74. The summed E-state index contributed by atoms with van der Waals surface area (Å²) >= 11 is 0. The van der Waals surface area contributed by atoms with Gasteiger partial charge in [0.25, 0.3) is 5.69 Å². The van der Waals surface area contributed by atoms with Crippen molar-refractivity contribution >= 4 is 17.6 Å². The number of nitrogens with one attached hydrogen (secondary N) is 1. The normalized spacial score (nSPS) is 11.0.